The lowest BCUT2D eigenvalue weighted by Gasteiger charge is -2.08. The minimum absolute atomic E-state index is 0.107. The van der Waals surface area contributed by atoms with Crippen LogP contribution < -0.4 is 10.3 Å². The summed E-state index contributed by atoms with van der Waals surface area (Å²) < 4.78 is 5.28. The van der Waals surface area contributed by atoms with Gasteiger partial charge in [0, 0.05) is 11.3 Å². The van der Waals surface area contributed by atoms with Gasteiger partial charge < -0.3 is 9.72 Å². The van der Waals surface area contributed by atoms with Crippen molar-refractivity contribution in [1.82, 2.24) is 4.98 Å². The van der Waals surface area contributed by atoms with Crippen LogP contribution in [-0.4, -0.2) is 12.1 Å². The van der Waals surface area contributed by atoms with E-state index in [9.17, 15) is 4.79 Å². The molecule has 4 nitrogen and oxygen atoms in total. The maximum Gasteiger partial charge on any atom is 0.266 e. The molecule has 0 saturated heterocycles. The van der Waals surface area contributed by atoms with Crippen LogP contribution in [0.25, 0.3) is 17.3 Å². The molecule has 0 unspecified atom stereocenters. The molecule has 4 heteroatoms. The number of ether oxygens (including phenoxy) is 1. The van der Waals surface area contributed by atoms with Crippen LogP contribution >= 0.6 is 0 Å². The molecule has 0 radical (unpaired) electrons. The molecular formula is C16H14N2O2. The Kier molecular flexibility index (Phi) is 4.02. The molecule has 0 aliphatic rings. The third-order valence-electron chi connectivity index (χ3n) is 2.92. The van der Waals surface area contributed by atoms with Gasteiger partial charge in [-0.15, -0.1) is 0 Å². The van der Waals surface area contributed by atoms with Gasteiger partial charge in [-0.05, 0) is 42.8 Å². The molecule has 0 aliphatic carbocycles. The van der Waals surface area contributed by atoms with Gasteiger partial charge in [0.05, 0.1) is 7.11 Å². The first-order chi connectivity index (χ1) is 9.69. The first-order valence-corrected chi connectivity index (χ1v) is 6.14. The van der Waals surface area contributed by atoms with Crippen LogP contribution in [0.5, 0.6) is 5.75 Å². The highest BCUT2D eigenvalue weighted by Gasteiger charge is 2.06. The van der Waals surface area contributed by atoms with E-state index in [2.05, 4.69) is 4.98 Å². The van der Waals surface area contributed by atoms with E-state index >= 15 is 0 Å². The van der Waals surface area contributed by atoms with Crippen molar-refractivity contribution in [2.24, 2.45) is 0 Å². The molecule has 0 spiro atoms. The molecule has 100 valence electrons. The van der Waals surface area contributed by atoms with Crippen LogP contribution in [0.15, 0.2) is 41.2 Å². The molecule has 0 aliphatic heterocycles. The second-order valence-electron chi connectivity index (χ2n) is 4.18. The van der Waals surface area contributed by atoms with Gasteiger partial charge in [0.1, 0.15) is 17.4 Å². The maximum absolute atomic E-state index is 11.7. The number of rotatable bonds is 3. The zero-order valence-corrected chi connectivity index (χ0v) is 11.3. The molecule has 0 amide bonds. The van der Waals surface area contributed by atoms with Crippen molar-refractivity contribution in [2.45, 2.75) is 6.92 Å². The van der Waals surface area contributed by atoms with E-state index in [0.29, 0.717) is 5.69 Å². The highest BCUT2D eigenvalue weighted by molar-refractivity contribution is 5.68. The monoisotopic (exact) mass is 266 g/mol. The number of aromatic nitrogens is 1. The van der Waals surface area contributed by atoms with Gasteiger partial charge in [0.25, 0.3) is 5.56 Å². The van der Waals surface area contributed by atoms with E-state index < -0.39 is 0 Å². The third-order valence-corrected chi connectivity index (χ3v) is 2.92. The Labute approximate surface area is 117 Å². The normalized spacial score (nSPS) is 10.4. The smallest absolute Gasteiger partial charge is 0.266 e. The summed E-state index contributed by atoms with van der Waals surface area (Å²) in [6.45, 7) is 1.93. The lowest BCUT2D eigenvalue weighted by atomic mass is 10.1. The number of allylic oxidation sites excluding steroid dienone is 1. The van der Waals surface area contributed by atoms with Crippen LogP contribution in [0.2, 0.25) is 0 Å². The van der Waals surface area contributed by atoms with Crippen molar-refractivity contribution in [3.63, 3.8) is 0 Å². The Bertz CT molecular complexity index is 752. The van der Waals surface area contributed by atoms with Crippen molar-refractivity contribution in [2.75, 3.05) is 7.11 Å². The van der Waals surface area contributed by atoms with Gasteiger partial charge in [-0.25, -0.2) is 0 Å². The lowest BCUT2D eigenvalue weighted by molar-refractivity contribution is 0.414. The summed E-state index contributed by atoms with van der Waals surface area (Å²) in [6, 6.07) is 10.7. The molecule has 0 bridgehead atoms. The summed E-state index contributed by atoms with van der Waals surface area (Å²) >= 11 is 0. The molecule has 0 fully saturated rings. The molecule has 1 aromatic carbocycles. The predicted molar refractivity (Wildman–Crippen MR) is 78.5 cm³/mol. The summed E-state index contributed by atoms with van der Waals surface area (Å²) in [7, 11) is 1.62. The van der Waals surface area contributed by atoms with Crippen LogP contribution in [0.3, 0.4) is 0 Å². The van der Waals surface area contributed by atoms with Crippen LogP contribution in [0.1, 0.15) is 18.1 Å². The fraction of sp³-hybridized carbons (Fsp3) is 0.125. The van der Waals surface area contributed by atoms with Crippen molar-refractivity contribution in [1.29, 1.82) is 5.26 Å². The second kappa shape index (κ2) is 5.89. The number of aromatic amines is 1. The zero-order valence-electron chi connectivity index (χ0n) is 11.3. The molecule has 2 rings (SSSR count). The van der Waals surface area contributed by atoms with Gasteiger partial charge in [-0.1, -0.05) is 12.2 Å². The van der Waals surface area contributed by atoms with Gasteiger partial charge in [0.2, 0.25) is 0 Å². The van der Waals surface area contributed by atoms with Crippen LogP contribution in [-0.2, 0) is 0 Å². The first-order valence-electron chi connectivity index (χ1n) is 6.14. The van der Waals surface area contributed by atoms with Crippen molar-refractivity contribution >= 4 is 6.08 Å². The van der Waals surface area contributed by atoms with Crippen LogP contribution in [0, 0.1) is 11.3 Å². The van der Waals surface area contributed by atoms with E-state index in [0.717, 1.165) is 16.9 Å². The van der Waals surface area contributed by atoms with Crippen molar-refractivity contribution in [3.8, 4) is 23.1 Å². The van der Waals surface area contributed by atoms with Crippen LogP contribution in [0.4, 0.5) is 0 Å². The number of H-pyrrole nitrogens is 1. The quantitative estimate of drug-likeness (QED) is 0.928. The van der Waals surface area contributed by atoms with Gasteiger partial charge >= 0.3 is 0 Å². The predicted octanol–water partition coefficient (Wildman–Crippen LogP) is 2.96. The number of methoxy groups -OCH3 is 1. The molecule has 2 aromatic rings. The Morgan fingerprint density at radius 2 is 2.10 bits per heavy atom. The average Bonchev–Trinajstić information content (AvgIpc) is 2.47. The van der Waals surface area contributed by atoms with Gasteiger partial charge in [-0.2, -0.15) is 5.26 Å². The summed E-state index contributed by atoms with van der Waals surface area (Å²) in [5.74, 6) is 0.767. The van der Waals surface area contributed by atoms with Crippen molar-refractivity contribution in [3.05, 3.63) is 57.9 Å². The van der Waals surface area contributed by atoms with Gasteiger partial charge in [-0.3, -0.25) is 4.79 Å². The minimum atomic E-state index is -0.381. The fourth-order valence-electron chi connectivity index (χ4n) is 1.94. The Balaban J connectivity index is 2.53. The van der Waals surface area contributed by atoms with E-state index in [1.807, 2.05) is 43.3 Å². The standard InChI is InChI=1S/C16H14N2O2/c1-3-4-12-9-11(6-8-15(12)20-2)14-7-5-13(10-17)16(19)18-14/h3-9H,1-2H3,(H,18,19)/b4-3+. The Morgan fingerprint density at radius 3 is 2.70 bits per heavy atom. The highest BCUT2D eigenvalue weighted by atomic mass is 16.5. The van der Waals surface area contributed by atoms with Crippen molar-refractivity contribution < 1.29 is 4.74 Å². The largest absolute Gasteiger partial charge is 0.496 e. The number of hydrogen-bond acceptors (Lipinski definition) is 3. The molecule has 1 aromatic heterocycles. The molecule has 0 atom stereocenters. The maximum atomic E-state index is 11.7. The molecule has 1 N–H and O–H groups in total. The minimum Gasteiger partial charge on any atom is -0.496 e. The number of nitrogens with one attached hydrogen (secondary N) is 1. The summed E-state index contributed by atoms with van der Waals surface area (Å²) in [5, 5.41) is 8.77. The number of nitrogens with zero attached hydrogens (tertiary/aromatic N) is 1. The summed E-state index contributed by atoms with van der Waals surface area (Å²) in [5.41, 5.74) is 2.19. The molecule has 20 heavy (non-hydrogen) atoms. The number of pyridine rings is 1. The van der Waals surface area contributed by atoms with E-state index in [1.54, 1.807) is 13.2 Å². The van der Waals surface area contributed by atoms with E-state index in [4.69, 9.17) is 10.00 Å². The number of nitriles is 1. The Hall–Kier alpha value is -2.80. The number of benzene rings is 1. The molecule has 1 heterocycles. The average molecular weight is 266 g/mol. The summed E-state index contributed by atoms with van der Waals surface area (Å²) in [6.07, 6.45) is 3.85. The number of hydrogen-bond donors (Lipinski definition) is 1. The van der Waals surface area contributed by atoms with Gasteiger partial charge in [0.15, 0.2) is 0 Å². The topological polar surface area (TPSA) is 65.9 Å². The second-order valence-corrected chi connectivity index (χ2v) is 4.18. The fourth-order valence-corrected chi connectivity index (χ4v) is 1.94. The summed E-state index contributed by atoms with van der Waals surface area (Å²) in [4.78, 5) is 14.4. The highest BCUT2D eigenvalue weighted by Crippen LogP contribution is 2.26. The first kappa shape index (κ1) is 13.6. The lowest BCUT2D eigenvalue weighted by Crippen LogP contribution is -2.10. The third kappa shape index (κ3) is 2.62. The zero-order chi connectivity index (χ0) is 14.5. The molecular weight excluding hydrogens is 252 g/mol. The van der Waals surface area contributed by atoms with E-state index in [1.165, 1.54) is 6.07 Å². The Morgan fingerprint density at radius 1 is 1.30 bits per heavy atom. The SMILES string of the molecule is C/C=C/c1cc(-c2ccc(C#N)c(=O)[nH]2)ccc1OC. The van der Waals surface area contributed by atoms with E-state index in [-0.39, 0.29) is 11.1 Å². The molecule has 0 saturated carbocycles.